The first-order valence-electron chi connectivity index (χ1n) is 4.90. The Morgan fingerprint density at radius 2 is 1.94 bits per heavy atom. The molecule has 1 heterocycles. The molecule has 0 atom stereocenters. The van der Waals surface area contributed by atoms with E-state index >= 15 is 0 Å². The Morgan fingerprint density at radius 1 is 1.35 bits per heavy atom. The van der Waals surface area contributed by atoms with Crippen LogP contribution in [-0.4, -0.2) is 29.2 Å². The number of hydrogen-bond acceptors (Lipinski definition) is 3. The van der Waals surface area contributed by atoms with Gasteiger partial charge in [-0.2, -0.15) is 0 Å². The van der Waals surface area contributed by atoms with Gasteiger partial charge in [0.05, 0.1) is 12.7 Å². The maximum absolute atomic E-state index is 11.4. The number of methoxy groups -OCH3 is 1. The first kappa shape index (κ1) is 12.2. The zero-order valence-electron chi connectivity index (χ0n) is 9.07. The van der Waals surface area contributed by atoms with Gasteiger partial charge in [0.1, 0.15) is 0 Å². The fourth-order valence-corrected chi connectivity index (χ4v) is 2.61. The van der Waals surface area contributed by atoms with E-state index in [-0.39, 0.29) is 5.56 Å². The Morgan fingerprint density at radius 3 is 2.47 bits per heavy atom. The summed E-state index contributed by atoms with van der Waals surface area (Å²) in [6, 6.07) is 3.44. The van der Waals surface area contributed by atoms with Crippen molar-refractivity contribution in [2.45, 2.75) is 13.1 Å². The number of aromatic carboxylic acids is 1. The lowest BCUT2D eigenvalue weighted by Crippen LogP contribution is -2.24. The highest BCUT2D eigenvalue weighted by Gasteiger charge is 2.25. The molecule has 0 saturated heterocycles. The number of carboxylic acid groups (broad SMARTS) is 1. The van der Waals surface area contributed by atoms with Gasteiger partial charge in [0, 0.05) is 16.7 Å². The van der Waals surface area contributed by atoms with Crippen LogP contribution in [0.15, 0.2) is 12.1 Å². The van der Waals surface area contributed by atoms with Gasteiger partial charge in [-0.1, -0.05) is 0 Å². The molecule has 0 aromatic heterocycles. The van der Waals surface area contributed by atoms with Gasteiger partial charge in [-0.3, -0.25) is 4.90 Å². The minimum atomic E-state index is -0.950. The molecule has 1 aromatic carbocycles. The summed E-state index contributed by atoms with van der Waals surface area (Å²) in [7, 11) is 1.33. The molecule has 1 aliphatic rings. The number of carboxylic acids is 1. The van der Waals surface area contributed by atoms with Crippen molar-refractivity contribution in [1.82, 2.24) is 4.90 Å². The largest absolute Gasteiger partial charge is 0.478 e. The zero-order chi connectivity index (χ0) is 12.6. The van der Waals surface area contributed by atoms with Crippen LogP contribution in [0.4, 0.5) is 4.79 Å². The number of halogens is 1. The van der Waals surface area contributed by atoms with Crippen LogP contribution in [0.1, 0.15) is 21.5 Å². The molecule has 2 rings (SSSR count). The van der Waals surface area contributed by atoms with Crippen molar-refractivity contribution in [2.75, 3.05) is 7.11 Å². The number of ether oxygens (including phenoxy) is 1. The number of nitrogens with zero attached hydrogens (tertiary/aromatic N) is 1. The topological polar surface area (TPSA) is 66.8 Å². The van der Waals surface area contributed by atoms with Crippen LogP contribution in [0.3, 0.4) is 0 Å². The SMILES string of the molecule is COC(=O)N1Cc2cc(I)c(C(=O)O)cc2C1. The number of fused-ring (bicyclic) bond motifs is 1. The lowest BCUT2D eigenvalue weighted by atomic mass is 10.1. The summed E-state index contributed by atoms with van der Waals surface area (Å²) in [5.74, 6) is -0.950. The molecule has 17 heavy (non-hydrogen) atoms. The third-order valence-corrected chi connectivity index (χ3v) is 3.57. The van der Waals surface area contributed by atoms with E-state index in [1.165, 1.54) is 12.0 Å². The van der Waals surface area contributed by atoms with Crippen molar-refractivity contribution in [2.24, 2.45) is 0 Å². The summed E-state index contributed by atoms with van der Waals surface area (Å²) in [6.45, 7) is 0.872. The summed E-state index contributed by atoms with van der Waals surface area (Å²) in [6.07, 6.45) is -0.395. The average Bonchev–Trinajstić information content (AvgIpc) is 2.69. The van der Waals surface area contributed by atoms with Gasteiger partial charge >= 0.3 is 12.1 Å². The smallest absolute Gasteiger partial charge is 0.410 e. The quantitative estimate of drug-likeness (QED) is 0.790. The number of carbonyl (C=O) groups is 2. The summed E-state index contributed by atoms with van der Waals surface area (Å²) in [5.41, 5.74) is 2.12. The first-order chi connectivity index (χ1) is 8.02. The highest BCUT2D eigenvalue weighted by Crippen LogP contribution is 2.27. The molecule has 0 radical (unpaired) electrons. The molecule has 0 unspecified atom stereocenters. The van der Waals surface area contributed by atoms with E-state index in [1.54, 1.807) is 6.07 Å². The molecule has 1 aromatic rings. The monoisotopic (exact) mass is 347 g/mol. The van der Waals surface area contributed by atoms with E-state index in [4.69, 9.17) is 5.11 Å². The molecule has 0 fully saturated rings. The zero-order valence-corrected chi connectivity index (χ0v) is 11.2. The number of carbonyl (C=O) groups excluding carboxylic acids is 1. The Kier molecular flexibility index (Phi) is 3.23. The molecular formula is C11H10INO4. The Labute approximate surface area is 112 Å². The Balaban J connectivity index is 2.33. The molecule has 0 spiro atoms. The van der Waals surface area contributed by atoms with Crippen molar-refractivity contribution >= 4 is 34.7 Å². The maximum atomic E-state index is 11.4. The van der Waals surface area contributed by atoms with Crippen LogP contribution >= 0.6 is 22.6 Å². The van der Waals surface area contributed by atoms with Crippen LogP contribution in [0.25, 0.3) is 0 Å². The van der Waals surface area contributed by atoms with Gasteiger partial charge in [-0.25, -0.2) is 9.59 Å². The van der Waals surface area contributed by atoms with Gasteiger partial charge in [-0.15, -0.1) is 0 Å². The summed E-state index contributed by atoms with van der Waals surface area (Å²) in [5, 5.41) is 9.01. The predicted molar refractivity (Wildman–Crippen MR) is 67.8 cm³/mol. The van der Waals surface area contributed by atoms with Crippen LogP contribution in [0, 0.1) is 3.57 Å². The third kappa shape index (κ3) is 2.21. The molecule has 0 saturated carbocycles. The molecule has 5 nitrogen and oxygen atoms in total. The molecule has 0 bridgehead atoms. The van der Waals surface area contributed by atoms with Crippen LogP contribution in [0.2, 0.25) is 0 Å². The second kappa shape index (κ2) is 4.52. The highest BCUT2D eigenvalue weighted by molar-refractivity contribution is 14.1. The van der Waals surface area contributed by atoms with Gasteiger partial charge < -0.3 is 9.84 Å². The average molecular weight is 347 g/mol. The van der Waals surface area contributed by atoms with Crippen molar-refractivity contribution in [3.05, 3.63) is 32.4 Å². The van der Waals surface area contributed by atoms with Crippen LogP contribution in [-0.2, 0) is 17.8 Å². The third-order valence-electron chi connectivity index (χ3n) is 2.67. The Bertz CT molecular complexity index is 500. The lowest BCUT2D eigenvalue weighted by molar-refractivity contribution is 0.0695. The fraction of sp³-hybridized carbons (Fsp3) is 0.273. The highest BCUT2D eigenvalue weighted by atomic mass is 127. The van der Waals surface area contributed by atoms with Gasteiger partial charge in [0.2, 0.25) is 0 Å². The minimum Gasteiger partial charge on any atom is -0.478 e. The Hall–Kier alpha value is -1.31. The van der Waals surface area contributed by atoms with Crippen LogP contribution < -0.4 is 0 Å². The molecule has 1 aliphatic heterocycles. The number of benzene rings is 1. The number of rotatable bonds is 1. The van der Waals surface area contributed by atoms with Crippen molar-refractivity contribution in [3.8, 4) is 0 Å². The number of hydrogen-bond donors (Lipinski definition) is 1. The second-order valence-corrected chi connectivity index (χ2v) is 4.89. The molecular weight excluding hydrogens is 337 g/mol. The van der Waals surface area contributed by atoms with E-state index in [1.807, 2.05) is 28.7 Å². The summed E-state index contributed by atoms with van der Waals surface area (Å²) in [4.78, 5) is 23.9. The predicted octanol–water partition coefficient (Wildman–Crippen LogP) is 2.07. The van der Waals surface area contributed by atoms with E-state index < -0.39 is 12.1 Å². The van der Waals surface area contributed by atoms with Crippen molar-refractivity contribution < 1.29 is 19.4 Å². The van der Waals surface area contributed by atoms with Gasteiger partial charge in [-0.05, 0) is 45.9 Å². The van der Waals surface area contributed by atoms with E-state index in [9.17, 15) is 9.59 Å². The standard InChI is InChI=1S/C11H10INO4/c1-17-11(16)13-4-6-2-8(10(14)15)9(12)3-7(6)5-13/h2-3H,4-5H2,1H3,(H,14,15). The lowest BCUT2D eigenvalue weighted by Gasteiger charge is -2.12. The van der Waals surface area contributed by atoms with E-state index in [2.05, 4.69) is 4.74 Å². The van der Waals surface area contributed by atoms with E-state index in [0.717, 1.165) is 11.1 Å². The first-order valence-corrected chi connectivity index (χ1v) is 5.98. The van der Waals surface area contributed by atoms with Gasteiger partial charge in [0.25, 0.3) is 0 Å². The molecule has 1 amide bonds. The fourth-order valence-electron chi connectivity index (χ4n) is 1.84. The molecule has 6 heteroatoms. The molecule has 1 N–H and O–H groups in total. The normalized spacial score (nSPS) is 13.4. The summed E-state index contributed by atoms with van der Waals surface area (Å²) >= 11 is 1.99. The minimum absolute atomic E-state index is 0.274. The molecule has 0 aliphatic carbocycles. The second-order valence-electron chi connectivity index (χ2n) is 3.73. The van der Waals surface area contributed by atoms with Gasteiger partial charge in [0.15, 0.2) is 0 Å². The van der Waals surface area contributed by atoms with Crippen molar-refractivity contribution in [1.29, 1.82) is 0 Å². The maximum Gasteiger partial charge on any atom is 0.410 e. The summed E-state index contributed by atoms with van der Waals surface area (Å²) < 4.78 is 5.32. The van der Waals surface area contributed by atoms with E-state index in [0.29, 0.717) is 16.7 Å². The molecule has 90 valence electrons. The number of amides is 1. The van der Waals surface area contributed by atoms with Crippen LogP contribution in [0.5, 0.6) is 0 Å². The van der Waals surface area contributed by atoms with Crippen molar-refractivity contribution in [3.63, 3.8) is 0 Å².